The Kier molecular flexibility index (Phi) is 36.4. The smallest absolute Gasteiger partial charge is 0.334 e. The number of amides is 2. The third-order valence-corrected chi connectivity index (χ3v) is 22.4. The molecule has 5 aromatic rings. The topological polar surface area (TPSA) is 458 Å². The lowest BCUT2D eigenvalue weighted by molar-refractivity contribution is -0.149. The molecule has 0 fully saturated rings. The van der Waals surface area contributed by atoms with Crippen molar-refractivity contribution in [2.45, 2.75) is 116 Å². The summed E-state index contributed by atoms with van der Waals surface area (Å²) in [6, 6.07) is 11.8. The van der Waals surface area contributed by atoms with E-state index < -0.39 is 64.7 Å². The number of aromatic nitrogens is 8. The monoisotopic (exact) mass is 1680 g/mol. The number of H-pyrrole nitrogens is 3. The zero-order valence-corrected chi connectivity index (χ0v) is 69.8. The van der Waals surface area contributed by atoms with E-state index in [2.05, 4.69) is 63.3 Å². The van der Waals surface area contributed by atoms with E-state index >= 15 is 0 Å². The Morgan fingerprint density at radius 3 is 1.97 bits per heavy atom. The molecule has 4 aromatic heterocycles. The van der Waals surface area contributed by atoms with Crippen LogP contribution in [0, 0.1) is 19.8 Å². The summed E-state index contributed by atoms with van der Waals surface area (Å²) in [6.07, 6.45) is 9.02. The van der Waals surface area contributed by atoms with E-state index in [1.54, 1.807) is 31.2 Å². The molecule has 9 rings (SSSR count). The first-order valence-electron chi connectivity index (χ1n) is 39.1. The Bertz CT molecular complexity index is 4870. The number of hydrazine groups is 1. The van der Waals surface area contributed by atoms with Crippen LogP contribution < -0.4 is 32.4 Å². The summed E-state index contributed by atoms with van der Waals surface area (Å²) in [7, 11) is 6.67. The largest absolute Gasteiger partial charge is 0.480 e. The van der Waals surface area contributed by atoms with Crippen LogP contribution in [0.15, 0.2) is 89.9 Å². The zero-order valence-electron chi connectivity index (χ0n) is 68.2. The number of anilines is 1. The number of allylic oxidation sites excluding steroid dienone is 8. The Morgan fingerprint density at radius 2 is 1.30 bits per heavy atom. The van der Waals surface area contributed by atoms with Gasteiger partial charge >= 0.3 is 29.8 Å². The summed E-state index contributed by atoms with van der Waals surface area (Å²) >= 11 is 0. The van der Waals surface area contributed by atoms with Gasteiger partial charge in [-0.3, -0.25) is 34.2 Å². The third-order valence-electron chi connectivity index (χ3n) is 20.0. The molecule has 119 heavy (non-hydrogen) atoms. The van der Waals surface area contributed by atoms with Gasteiger partial charge in [-0.15, -0.1) is 0 Å². The first kappa shape index (κ1) is 92.5. The van der Waals surface area contributed by atoms with Crippen molar-refractivity contribution in [1.29, 1.82) is 0 Å². The maximum absolute atomic E-state index is 14.0. The molecule has 1 aliphatic carbocycles. The number of fused-ring (bicyclic) bond motifs is 12. The zero-order chi connectivity index (χ0) is 85.4. The number of carbonyl (C=O) groups excluding carboxylic acids is 6. The van der Waals surface area contributed by atoms with E-state index in [4.69, 9.17) is 57.3 Å². The Balaban J connectivity index is 0.584. The Labute approximate surface area is 696 Å². The summed E-state index contributed by atoms with van der Waals surface area (Å²) < 4.78 is 54.7. The van der Waals surface area contributed by atoms with Gasteiger partial charge < -0.3 is 88.5 Å². The first-order chi connectivity index (χ1) is 57.5. The minimum atomic E-state index is -1.27. The molecule has 8 bridgehead atoms. The van der Waals surface area contributed by atoms with E-state index in [-0.39, 0.29) is 105 Å². The first-order valence-corrected chi connectivity index (χ1v) is 41.6. The van der Waals surface area contributed by atoms with E-state index in [0.717, 1.165) is 50.0 Å². The van der Waals surface area contributed by atoms with Crippen LogP contribution in [-0.2, 0) is 99.3 Å². The molecule has 0 saturated heterocycles. The average Bonchev–Trinajstić information content (AvgIpc) is 1.57. The van der Waals surface area contributed by atoms with Crippen LogP contribution in [0.4, 0.5) is 5.69 Å². The highest BCUT2D eigenvalue weighted by Crippen LogP contribution is 2.53. The standard InChI is InChI=1S/C83H105N13O21S2/c1-10-57-49(2)64-42-69-61-22-20-60(81(106)109-8)74(82(107)110-9)83(61,6)71(94-69)44-65-50(3)58(67(93-65)43-68-59(21-24-73(99)108-7)51(4)63(92-68)41-66(57)91-64)14-11-26-86-87-48-117-39-40-118-119-47-70(80(104)105)95-72(98)25-28-112-30-32-114-34-36-116-38-37-115-35-33-113-31-29-111-27-12-13-56(97)19-23-62(79(102)103)96-77(100)53-15-17-54(18-16-53)84-45-55-46-85-76-75(90-55)78(101)89-52(5)88-76/h10,15-18,20,22,41-44,46,62,70,74,84,86-87,92,94H,1,11-14,19,21,23-40,45,47-48H2,2-9H3,(H,95,98)(H,96,100)(H,102,103)(H,104,105)(H,85,88,89,101)/t62?,70-,74-,83+/m0/s1. The lowest BCUT2D eigenvalue weighted by atomic mass is 9.64. The van der Waals surface area contributed by atoms with Crippen LogP contribution in [0.2, 0.25) is 0 Å². The number of nitrogens with one attached hydrogen (secondary N) is 8. The minimum absolute atomic E-state index is 0.0313. The van der Waals surface area contributed by atoms with Crippen LogP contribution >= 0.6 is 21.6 Å². The maximum atomic E-state index is 14.0. The highest BCUT2D eigenvalue weighted by Gasteiger charge is 2.53. The fraction of sp³-hybridized carbons (Fsp3) is 0.470. The van der Waals surface area contributed by atoms with E-state index in [1.165, 1.54) is 61.2 Å². The molecule has 640 valence electrons. The molecule has 0 spiro atoms. The molecule has 2 amide bonds. The quantitative estimate of drug-likeness (QED) is 0.00440. The predicted octanol–water partition coefficient (Wildman–Crippen LogP) is 7.99. The van der Waals surface area contributed by atoms with E-state index in [1.807, 2.05) is 58.0 Å². The highest BCUT2D eigenvalue weighted by atomic mass is 33.1. The molecule has 3 aliphatic heterocycles. The molecule has 1 aromatic carbocycles. The number of esters is 3. The van der Waals surface area contributed by atoms with E-state index in [0.29, 0.717) is 155 Å². The van der Waals surface area contributed by atoms with Crippen LogP contribution in [-0.4, -0.2) is 242 Å². The second-order valence-corrected chi connectivity index (χ2v) is 30.7. The Hall–Kier alpha value is -10.4. The second-order valence-electron chi connectivity index (χ2n) is 28.0. The van der Waals surface area contributed by atoms with Crippen molar-refractivity contribution < 1.29 is 95.9 Å². The van der Waals surface area contributed by atoms with Gasteiger partial charge in [-0.25, -0.2) is 44.7 Å². The molecular weight excluding hydrogens is 1580 g/mol. The SMILES string of the molecule is C=CC1=C(C)c2cc3[nH]c(cc4nc(cc5[nH]c(cc1n2)c(C)c5CCC(=O)OC)C(CCCNNCOCCSSC[C@H](NC(=O)CCOCCOCCOCCOCCOCCOCCCC(=O)CCC(NC(=O)c1ccc(NCc2cnc5nc(C)[nH]c(=O)c5n2)cc1)C(=O)O)C(=O)O)=C4C)[C@@]1(C)C3=CC=C(C(=O)OC)[C@H]1C(=O)OC. The van der Waals surface area contributed by atoms with Gasteiger partial charge in [-0.1, -0.05) is 46.4 Å². The molecule has 1 unspecified atom stereocenters. The summed E-state index contributed by atoms with van der Waals surface area (Å²) in [4.78, 5) is 147. The number of hydrogen-bond donors (Lipinski definition) is 10. The number of nitrogens with zero attached hydrogens (tertiary/aromatic N) is 5. The fourth-order valence-electron chi connectivity index (χ4n) is 13.5. The number of Topliss-reactive ketones (excluding diaryl/α,β-unsaturated/α-hetero) is 1. The summed E-state index contributed by atoms with van der Waals surface area (Å²) in [5.74, 6) is -5.23. The van der Waals surface area contributed by atoms with Crippen molar-refractivity contribution in [3.8, 4) is 0 Å². The minimum Gasteiger partial charge on any atom is -0.480 e. The third kappa shape index (κ3) is 26.3. The fourth-order valence-corrected chi connectivity index (χ4v) is 15.6. The van der Waals surface area contributed by atoms with Crippen molar-refractivity contribution in [2.24, 2.45) is 5.92 Å². The van der Waals surface area contributed by atoms with Crippen LogP contribution in [0.1, 0.15) is 139 Å². The van der Waals surface area contributed by atoms with Crippen molar-refractivity contribution >= 4 is 125 Å². The van der Waals surface area contributed by atoms with Crippen LogP contribution in [0.5, 0.6) is 0 Å². The lowest BCUT2D eigenvalue weighted by Crippen LogP contribution is -2.42. The summed E-state index contributed by atoms with van der Waals surface area (Å²) in [5, 5.41) is 27.8. The number of carbonyl (C=O) groups is 8. The van der Waals surface area contributed by atoms with Gasteiger partial charge in [0.2, 0.25) is 5.91 Å². The maximum Gasteiger partial charge on any atom is 0.334 e. The van der Waals surface area contributed by atoms with Gasteiger partial charge in [0.25, 0.3) is 11.5 Å². The van der Waals surface area contributed by atoms with Gasteiger partial charge in [0.15, 0.2) is 11.2 Å². The molecule has 10 N–H and O–H groups in total. The van der Waals surface area contributed by atoms with Gasteiger partial charge in [0, 0.05) is 89.6 Å². The van der Waals surface area contributed by atoms with Gasteiger partial charge in [0.05, 0.1) is 153 Å². The molecule has 7 heterocycles. The van der Waals surface area contributed by atoms with Crippen molar-refractivity contribution in [1.82, 2.24) is 61.4 Å². The van der Waals surface area contributed by atoms with Gasteiger partial charge in [0.1, 0.15) is 36.3 Å². The molecule has 0 radical (unpaired) electrons. The van der Waals surface area contributed by atoms with E-state index in [9.17, 15) is 53.4 Å². The number of aliphatic carboxylic acids is 2. The average molecular weight is 1680 g/mol. The number of benzene rings is 1. The van der Waals surface area contributed by atoms with Crippen molar-refractivity contribution in [3.63, 3.8) is 0 Å². The molecule has 34 nitrogen and oxygen atoms in total. The van der Waals surface area contributed by atoms with Crippen molar-refractivity contribution in [3.05, 3.63) is 158 Å². The number of carboxylic acid groups (broad SMARTS) is 2. The number of methoxy groups -OCH3 is 3. The number of ketones is 1. The molecule has 0 saturated carbocycles. The molecular formula is C83H105N13O21S2. The number of rotatable bonds is 52. The predicted molar refractivity (Wildman–Crippen MR) is 448 cm³/mol. The Morgan fingerprint density at radius 1 is 0.639 bits per heavy atom. The summed E-state index contributed by atoms with van der Waals surface area (Å²) in [5.41, 5.74) is 18.3. The van der Waals surface area contributed by atoms with Gasteiger partial charge in [-0.2, -0.15) is 0 Å². The number of carboxylic acids is 2. The normalized spacial score (nSPS) is 15.1. The van der Waals surface area contributed by atoms with Crippen LogP contribution in [0.25, 0.3) is 50.1 Å². The number of hydrogen-bond acceptors (Lipinski definition) is 29. The number of aromatic amines is 3. The molecule has 4 atom stereocenters. The van der Waals surface area contributed by atoms with Crippen LogP contribution in [0.3, 0.4) is 0 Å². The molecule has 4 aliphatic rings. The number of aryl methyl sites for hydroxylation is 3. The molecule has 36 heteroatoms. The van der Waals surface area contributed by atoms with Crippen molar-refractivity contribution in [2.75, 3.05) is 137 Å². The second kappa shape index (κ2) is 46.8. The number of ether oxygens (including phenoxy) is 10. The highest BCUT2D eigenvalue weighted by molar-refractivity contribution is 8.76. The van der Waals surface area contributed by atoms with Gasteiger partial charge in [-0.05, 0) is 149 Å². The lowest BCUT2D eigenvalue weighted by Gasteiger charge is -2.36. The summed E-state index contributed by atoms with van der Waals surface area (Å²) in [6.45, 7) is 18.6.